The van der Waals surface area contributed by atoms with Crippen LogP contribution in [0.15, 0.2) is 12.2 Å². The topological polar surface area (TPSA) is 90.2 Å². The number of aliphatic hydroxyl groups excluding tert-OH is 3. The number of nitrogens with zero attached hydrogens (tertiary/aromatic N) is 1. The minimum Gasteiger partial charge on any atom is -0.387 e. The molecule has 49 heavy (non-hydrogen) atoms. The Labute approximate surface area is 302 Å². The first-order valence-electron chi connectivity index (χ1n) is 21.2. The molecule has 290 valence electrons. The maximum Gasteiger partial charge on any atom is 0.224 e. The van der Waals surface area contributed by atoms with Gasteiger partial charge in [0.2, 0.25) is 5.91 Å². The standard InChI is InChI=1S/C42H80FNO5/c1-3-5-7-9-11-13-15-17-19-21-23-25-27-29-31-33-35-44(42-41(48)40(47)39(46)37(36-43)49-42)38(45)34-32-30-28-26-24-22-20-18-16-14-12-10-8-6-4-2/h18,20,37,39-42,46-48H,3-17,19,21-36H2,1-2H3/t37-,39-,40+,41-,42?/m1/s1. The van der Waals surface area contributed by atoms with Crippen LogP contribution in [0, 0.1) is 0 Å². The third kappa shape index (κ3) is 23.2. The first-order chi connectivity index (χ1) is 24.0. The van der Waals surface area contributed by atoms with Crippen molar-refractivity contribution in [3.05, 3.63) is 12.2 Å². The van der Waals surface area contributed by atoms with Crippen LogP contribution in [0.2, 0.25) is 0 Å². The van der Waals surface area contributed by atoms with Crippen LogP contribution < -0.4 is 0 Å². The van der Waals surface area contributed by atoms with E-state index in [4.69, 9.17) is 4.74 Å². The molecule has 1 aliphatic heterocycles. The zero-order chi connectivity index (χ0) is 35.8. The molecule has 0 aromatic rings. The molecule has 7 heteroatoms. The summed E-state index contributed by atoms with van der Waals surface area (Å²) in [6.45, 7) is 3.92. The number of rotatable bonds is 34. The Kier molecular flexibility index (Phi) is 30.8. The molecule has 1 fully saturated rings. The van der Waals surface area contributed by atoms with Gasteiger partial charge in [-0.05, 0) is 38.5 Å². The largest absolute Gasteiger partial charge is 0.387 e. The van der Waals surface area contributed by atoms with Crippen molar-refractivity contribution in [1.82, 2.24) is 4.90 Å². The van der Waals surface area contributed by atoms with Gasteiger partial charge < -0.3 is 25.0 Å². The molecule has 0 aliphatic carbocycles. The Morgan fingerprint density at radius 2 is 0.939 bits per heavy atom. The normalized spacial score (nSPS) is 21.1. The van der Waals surface area contributed by atoms with Crippen LogP contribution in [0.4, 0.5) is 4.39 Å². The number of halogens is 1. The highest BCUT2D eigenvalue weighted by atomic mass is 19.1. The highest BCUT2D eigenvalue weighted by Gasteiger charge is 2.46. The van der Waals surface area contributed by atoms with Gasteiger partial charge in [-0.2, -0.15) is 0 Å². The molecule has 1 amide bonds. The number of carbonyl (C=O) groups excluding carboxylic acids is 1. The summed E-state index contributed by atoms with van der Waals surface area (Å²) >= 11 is 0. The van der Waals surface area contributed by atoms with Crippen LogP contribution in [0.25, 0.3) is 0 Å². The van der Waals surface area contributed by atoms with E-state index in [1.165, 1.54) is 140 Å². The maximum atomic E-state index is 13.6. The fourth-order valence-electron chi connectivity index (χ4n) is 7.03. The second kappa shape index (κ2) is 32.9. The van der Waals surface area contributed by atoms with Crippen LogP contribution in [0.5, 0.6) is 0 Å². The van der Waals surface area contributed by atoms with E-state index in [1.807, 2.05) is 0 Å². The van der Waals surface area contributed by atoms with Gasteiger partial charge in [-0.3, -0.25) is 4.79 Å². The molecule has 0 saturated carbocycles. The van der Waals surface area contributed by atoms with E-state index in [1.54, 1.807) is 0 Å². The zero-order valence-corrected chi connectivity index (χ0v) is 32.2. The molecule has 0 radical (unpaired) electrons. The van der Waals surface area contributed by atoms with Gasteiger partial charge in [0, 0.05) is 13.0 Å². The van der Waals surface area contributed by atoms with E-state index < -0.39 is 37.3 Å². The predicted molar refractivity (Wildman–Crippen MR) is 203 cm³/mol. The van der Waals surface area contributed by atoms with Gasteiger partial charge in [0.05, 0.1) is 0 Å². The summed E-state index contributed by atoms with van der Waals surface area (Å²) in [6, 6.07) is 0. The van der Waals surface area contributed by atoms with E-state index in [-0.39, 0.29) is 5.91 Å². The smallest absolute Gasteiger partial charge is 0.224 e. The van der Waals surface area contributed by atoms with Crippen molar-refractivity contribution in [2.24, 2.45) is 0 Å². The van der Waals surface area contributed by atoms with Gasteiger partial charge in [-0.15, -0.1) is 0 Å². The van der Waals surface area contributed by atoms with E-state index >= 15 is 0 Å². The molecule has 1 heterocycles. The van der Waals surface area contributed by atoms with Crippen LogP contribution in [0.3, 0.4) is 0 Å². The van der Waals surface area contributed by atoms with Crippen molar-refractivity contribution in [3.8, 4) is 0 Å². The third-order valence-corrected chi connectivity index (χ3v) is 10.4. The second-order valence-electron chi connectivity index (χ2n) is 14.9. The predicted octanol–water partition coefficient (Wildman–Crippen LogP) is 10.9. The summed E-state index contributed by atoms with van der Waals surface area (Å²) in [7, 11) is 0. The molecule has 1 unspecified atom stereocenters. The molecule has 1 saturated heterocycles. The summed E-state index contributed by atoms with van der Waals surface area (Å²) < 4.78 is 19.3. The SMILES string of the molecule is CCCCCCCCC=CCCCCCCCC(=O)N(CCCCCCCCCCCCCCCCCC)C1O[C@H](CF)[C@@H](O)[C@H](O)[C@H]1O. The highest BCUT2D eigenvalue weighted by molar-refractivity contribution is 5.76. The van der Waals surface area contributed by atoms with Gasteiger partial charge in [0.1, 0.15) is 31.1 Å². The third-order valence-electron chi connectivity index (χ3n) is 10.4. The van der Waals surface area contributed by atoms with Crippen LogP contribution in [-0.2, 0) is 9.53 Å². The van der Waals surface area contributed by atoms with Gasteiger partial charge >= 0.3 is 0 Å². The van der Waals surface area contributed by atoms with Crippen molar-refractivity contribution in [2.45, 2.75) is 237 Å². The average molecular weight is 698 g/mol. The molecule has 1 rings (SSSR count). The van der Waals surface area contributed by atoms with Crippen molar-refractivity contribution < 1.29 is 29.2 Å². The fraction of sp³-hybridized carbons (Fsp3) is 0.929. The first-order valence-corrected chi connectivity index (χ1v) is 21.2. The van der Waals surface area contributed by atoms with Crippen LogP contribution in [-0.4, -0.2) is 70.0 Å². The molecule has 6 nitrogen and oxygen atoms in total. The number of unbranched alkanes of at least 4 members (excludes halogenated alkanes) is 26. The number of allylic oxidation sites excluding steroid dienone is 2. The molecule has 0 spiro atoms. The van der Waals surface area contributed by atoms with Crippen molar-refractivity contribution >= 4 is 5.91 Å². The Hall–Kier alpha value is -1.02. The Bertz CT molecular complexity index is 765. The second-order valence-corrected chi connectivity index (χ2v) is 14.9. The van der Waals surface area contributed by atoms with E-state index in [0.29, 0.717) is 13.0 Å². The van der Waals surface area contributed by atoms with E-state index in [2.05, 4.69) is 26.0 Å². The summed E-state index contributed by atoms with van der Waals surface area (Å²) in [6.07, 6.45) is 33.6. The average Bonchev–Trinajstić information content (AvgIpc) is 3.10. The molecule has 0 aromatic heterocycles. The lowest BCUT2D eigenvalue weighted by Gasteiger charge is -2.44. The number of hydrogen-bond donors (Lipinski definition) is 3. The van der Waals surface area contributed by atoms with Gasteiger partial charge in [0.25, 0.3) is 0 Å². The van der Waals surface area contributed by atoms with Gasteiger partial charge in [0.15, 0.2) is 6.23 Å². The Morgan fingerprint density at radius 3 is 1.37 bits per heavy atom. The van der Waals surface area contributed by atoms with Crippen LogP contribution >= 0.6 is 0 Å². The molecular weight excluding hydrogens is 617 g/mol. The summed E-state index contributed by atoms with van der Waals surface area (Å²) in [4.78, 5) is 14.9. The molecule has 3 N–H and O–H groups in total. The number of amides is 1. The number of ether oxygens (including phenoxy) is 1. The molecule has 5 atom stereocenters. The molecular formula is C42H80FNO5. The highest BCUT2D eigenvalue weighted by Crippen LogP contribution is 2.26. The maximum absolute atomic E-state index is 13.6. The van der Waals surface area contributed by atoms with Gasteiger partial charge in [-0.25, -0.2) is 4.39 Å². The summed E-state index contributed by atoms with van der Waals surface area (Å²) in [5.74, 6) is -0.135. The monoisotopic (exact) mass is 698 g/mol. The lowest BCUT2D eigenvalue weighted by molar-refractivity contribution is -0.259. The Balaban J connectivity index is 2.30. The fourth-order valence-corrected chi connectivity index (χ4v) is 7.03. The van der Waals surface area contributed by atoms with Crippen molar-refractivity contribution in [1.29, 1.82) is 0 Å². The number of hydrogen-bond acceptors (Lipinski definition) is 5. The molecule has 0 bridgehead atoms. The van der Waals surface area contributed by atoms with Crippen LogP contribution in [0.1, 0.15) is 206 Å². The number of alkyl halides is 1. The number of carbonyl (C=O) groups is 1. The van der Waals surface area contributed by atoms with E-state index in [9.17, 15) is 24.5 Å². The van der Waals surface area contributed by atoms with Crippen molar-refractivity contribution in [3.63, 3.8) is 0 Å². The first kappa shape index (κ1) is 46.0. The lowest BCUT2D eigenvalue weighted by atomic mass is 9.97. The van der Waals surface area contributed by atoms with E-state index in [0.717, 1.165) is 51.4 Å². The quantitative estimate of drug-likeness (QED) is 0.0460. The molecule has 0 aromatic carbocycles. The summed E-state index contributed by atoms with van der Waals surface area (Å²) in [5, 5.41) is 31.3. The minimum absolute atomic E-state index is 0.135. The minimum atomic E-state index is -1.56. The lowest BCUT2D eigenvalue weighted by Crippen LogP contribution is -2.64. The number of aliphatic hydroxyl groups is 3. The van der Waals surface area contributed by atoms with Crippen molar-refractivity contribution in [2.75, 3.05) is 13.2 Å². The zero-order valence-electron chi connectivity index (χ0n) is 32.2. The molecule has 1 aliphatic rings. The summed E-state index contributed by atoms with van der Waals surface area (Å²) in [5.41, 5.74) is 0. The Morgan fingerprint density at radius 1 is 0.551 bits per heavy atom. The van der Waals surface area contributed by atoms with Gasteiger partial charge in [-0.1, -0.05) is 174 Å².